The fourth-order valence-corrected chi connectivity index (χ4v) is 10.9. The first-order valence-corrected chi connectivity index (χ1v) is 19.2. The minimum atomic E-state index is -1.37. The fraction of sp³-hybridized carbons (Fsp3) is 0.400. The molecular formula is C40H39ClN4O9S. The van der Waals surface area contributed by atoms with Crippen molar-refractivity contribution in [1.82, 2.24) is 14.7 Å². The van der Waals surface area contributed by atoms with Crippen molar-refractivity contribution in [3.63, 3.8) is 0 Å². The summed E-state index contributed by atoms with van der Waals surface area (Å²) in [6, 6.07) is 10.7. The zero-order valence-electron chi connectivity index (χ0n) is 30.8. The molecule has 2 aliphatic heterocycles. The number of aryl methyl sites for hydroxylation is 2. The summed E-state index contributed by atoms with van der Waals surface area (Å²) in [6.45, 7) is 3.74. The number of fused-ring (bicyclic) bond motifs is 5. The molecule has 55 heavy (non-hydrogen) atoms. The van der Waals surface area contributed by atoms with E-state index < -0.39 is 58.7 Å². The normalized spacial score (nSPS) is 26.0. The number of hydrogen-bond donors (Lipinski definition) is 2. The lowest BCUT2D eigenvalue weighted by Gasteiger charge is -2.49. The van der Waals surface area contributed by atoms with Gasteiger partial charge >= 0.3 is 5.97 Å². The molecule has 4 aromatic rings. The Bertz CT molecular complexity index is 2360. The Kier molecular flexibility index (Phi) is 8.84. The van der Waals surface area contributed by atoms with Gasteiger partial charge in [0.2, 0.25) is 29.4 Å². The van der Waals surface area contributed by atoms with E-state index in [2.05, 4.69) is 0 Å². The number of nitrogens with zero attached hydrogens (tertiary/aromatic N) is 4. The number of phenols is 1. The number of aromatic hydroxyl groups is 1. The Morgan fingerprint density at radius 1 is 1.04 bits per heavy atom. The number of halogens is 1. The zero-order valence-corrected chi connectivity index (χ0v) is 32.4. The number of phenolic OH excluding ortho intramolecular Hbond substituents is 1. The van der Waals surface area contributed by atoms with Gasteiger partial charge in [0, 0.05) is 41.7 Å². The number of allylic oxidation sites excluding steroid dienone is 2. The van der Waals surface area contributed by atoms with Crippen LogP contribution in [0.15, 0.2) is 48.0 Å². The Balaban J connectivity index is 1.24. The van der Waals surface area contributed by atoms with Crippen LogP contribution in [0.25, 0.3) is 20.7 Å². The molecule has 2 saturated heterocycles. The van der Waals surface area contributed by atoms with Gasteiger partial charge in [-0.3, -0.25) is 33.6 Å². The van der Waals surface area contributed by atoms with Gasteiger partial charge in [0.05, 0.1) is 42.3 Å². The number of aromatic nitrogens is 2. The number of ether oxygens (including phenoxy) is 2. The van der Waals surface area contributed by atoms with Crippen LogP contribution >= 0.6 is 22.9 Å². The number of carbonyl (C=O) groups excluding carboxylic acids is 4. The summed E-state index contributed by atoms with van der Waals surface area (Å²) in [6.07, 6.45) is 2.23. The van der Waals surface area contributed by atoms with E-state index in [4.69, 9.17) is 26.2 Å². The van der Waals surface area contributed by atoms with E-state index >= 15 is 4.79 Å². The van der Waals surface area contributed by atoms with Crippen LogP contribution in [0.5, 0.6) is 17.2 Å². The highest BCUT2D eigenvalue weighted by Crippen LogP contribution is 2.64. The molecule has 8 rings (SSSR count). The maximum absolute atomic E-state index is 15.2. The van der Waals surface area contributed by atoms with Gasteiger partial charge < -0.3 is 19.7 Å². The molecule has 1 saturated carbocycles. The van der Waals surface area contributed by atoms with Crippen LogP contribution in [-0.2, 0) is 31.0 Å². The third-order valence-electron chi connectivity index (χ3n) is 12.2. The van der Waals surface area contributed by atoms with E-state index in [1.54, 1.807) is 32.2 Å². The Morgan fingerprint density at radius 2 is 1.75 bits per heavy atom. The summed E-state index contributed by atoms with van der Waals surface area (Å²) < 4.78 is 13.6. The molecular weight excluding hydrogens is 748 g/mol. The van der Waals surface area contributed by atoms with Gasteiger partial charge in [-0.15, -0.1) is 11.3 Å². The zero-order chi connectivity index (χ0) is 39.2. The fourth-order valence-electron chi connectivity index (χ4n) is 9.58. The van der Waals surface area contributed by atoms with Crippen molar-refractivity contribution in [2.75, 3.05) is 25.7 Å². The maximum Gasteiger partial charge on any atom is 0.303 e. The number of anilines is 1. The minimum absolute atomic E-state index is 0.0176. The average Bonchev–Trinajstić information content (AvgIpc) is 3.82. The molecule has 286 valence electrons. The highest BCUT2D eigenvalue weighted by Gasteiger charge is 2.68. The molecule has 0 unspecified atom stereocenters. The standard InChI is InChI=1S/C40H39ClN4O9S/c1-18-23-15-20(41)8-11-29(23)55-35(18)26-17-30(43(3)42-26)45-37(50)25-16-24-21(9-10-22-32(24)38(51)44(36(22)49)12-6-7-31(46)47)33(40(25,2)39(45)52)19-13-27(53-4)34(48)28(14-19)54-5/h8-9,11,13-15,17,22,24-25,32-33,48H,6-7,10,12,16H2,1-5H3,(H,46,47)/t22-,24+,25-,32-,33-,40+/m0/s1. The second-order valence-corrected chi connectivity index (χ2v) is 16.5. The van der Waals surface area contributed by atoms with Gasteiger partial charge in [-0.1, -0.05) is 23.3 Å². The van der Waals surface area contributed by atoms with E-state index in [1.165, 1.54) is 40.0 Å². The Morgan fingerprint density at radius 3 is 2.42 bits per heavy atom. The summed E-state index contributed by atoms with van der Waals surface area (Å²) in [7, 11) is 4.49. The van der Waals surface area contributed by atoms with Gasteiger partial charge in [0.1, 0.15) is 11.5 Å². The number of hydrogen-bond acceptors (Lipinski definition) is 10. The number of carboxylic acids is 1. The molecule has 2 aromatic heterocycles. The molecule has 4 aliphatic rings. The van der Waals surface area contributed by atoms with Crippen molar-refractivity contribution in [3.8, 4) is 27.8 Å². The number of aliphatic carboxylic acids is 1. The first kappa shape index (κ1) is 36.8. The third-order valence-corrected chi connectivity index (χ3v) is 13.7. The van der Waals surface area contributed by atoms with Crippen molar-refractivity contribution in [2.45, 2.75) is 45.4 Å². The van der Waals surface area contributed by atoms with Crippen LogP contribution in [-0.4, -0.2) is 75.3 Å². The second kappa shape index (κ2) is 13.2. The SMILES string of the molecule is COc1cc([C@H]2C3=CC[C@@H]4C(=O)N(CCCC(=O)O)C(=O)[C@@H]4[C@@H]3C[C@H]3C(=O)N(c4cc(-c5sc6ccc(Cl)cc6c5C)nn4C)C(=O)[C@@]23C)cc(OC)c1O. The molecule has 6 atom stereocenters. The number of amides is 4. The molecule has 0 bridgehead atoms. The lowest BCUT2D eigenvalue weighted by atomic mass is 9.51. The van der Waals surface area contributed by atoms with Crippen LogP contribution in [0, 0.1) is 36.0 Å². The van der Waals surface area contributed by atoms with Crippen molar-refractivity contribution in [2.24, 2.45) is 36.1 Å². The molecule has 2 N–H and O–H groups in total. The topological polar surface area (TPSA) is 169 Å². The molecule has 2 aromatic carbocycles. The van der Waals surface area contributed by atoms with Crippen LogP contribution in [0.2, 0.25) is 5.02 Å². The number of methoxy groups -OCH3 is 2. The quantitative estimate of drug-likeness (QED) is 0.150. The van der Waals surface area contributed by atoms with Crippen LogP contribution in [0.4, 0.5) is 5.82 Å². The summed E-state index contributed by atoms with van der Waals surface area (Å²) in [5.74, 6) is -6.15. The molecule has 0 spiro atoms. The smallest absolute Gasteiger partial charge is 0.303 e. The lowest BCUT2D eigenvalue weighted by Crippen LogP contribution is -2.49. The Hall–Kier alpha value is -5.21. The number of rotatable bonds is 9. The molecule has 3 fully saturated rings. The van der Waals surface area contributed by atoms with Crippen molar-refractivity contribution in [3.05, 3.63) is 64.2 Å². The van der Waals surface area contributed by atoms with Gasteiger partial charge in [0.25, 0.3) is 0 Å². The first-order valence-electron chi connectivity index (χ1n) is 18.0. The van der Waals surface area contributed by atoms with Crippen molar-refractivity contribution >= 4 is 68.4 Å². The van der Waals surface area contributed by atoms with Crippen LogP contribution in [0.1, 0.15) is 49.7 Å². The van der Waals surface area contributed by atoms with Crippen LogP contribution in [0.3, 0.4) is 0 Å². The number of benzene rings is 2. The molecule has 2 aliphatic carbocycles. The van der Waals surface area contributed by atoms with Gasteiger partial charge in [0.15, 0.2) is 11.5 Å². The average molecular weight is 787 g/mol. The van der Waals surface area contributed by atoms with E-state index in [1.807, 2.05) is 31.2 Å². The molecule has 4 amide bonds. The van der Waals surface area contributed by atoms with E-state index in [0.717, 1.165) is 26.1 Å². The lowest BCUT2D eigenvalue weighted by molar-refractivity contribution is -0.142. The van der Waals surface area contributed by atoms with Gasteiger partial charge in [-0.05, 0) is 85.9 Å². The molecule has 0 radical (unpaired) electrons. The van der Waals surface area contributed by atoms with Crippen molar-refractivity contribution < 1.29 is 43.7 Å². The van der Waals surface area contributed by atoms with Gasteiger partial charge in [-0.2, -0.15) is 5.10 Å². The number of likely N-dealkylation sites (tertiary alicyclic amines) is 1. The predicted octanol–water partition coefficient (Wildman–Crippen LogP) is 6.08. The van der Waals surface area contributed by atoms with E-state index in [0.29, 0.717) is 22.1 Å². The summed E-state index contributed by atoms with van der Waals surface area (Å²) in [5, 5.41) is 26.4. The number of thiophene rings is 1. The minimum Gasteiger partial charge on any atom is -0.502 e. The highest BCUT2D eigenvalue weighted by molar-refractivity contribution is 7.22. The largest absolute Gasteiger partial charge is 0.502 e. The number of imide groups is 2. The van der Waals surface area contributed by atoms with Crippen LogP contribution < -0.4 is 14.4 Å². The molecule has 13 nitrogen and oxygen atoms in total. The first-order chi connectivity index (χ1) is 26.2. The monoisotopic (exact) mass is 786 g/mol. The number of carboxylic acid groups (broad SMARTS) is 1. The van der Waals surface area contributed by atoms with Gasteiger partial charge in [-0.25, -0.2) is 4.90 Å². The summed E-state index contributed by atoms with van der Waals surface area (Å²) in [4.78, 5) is 72.3. The molecule has 4 heterocycles. The maximum atomic E-state index is 15.2. The predicted molar refractivity (Wildman–Crippen MR) is 203 cm³/mol. The second-order valence-electron chi connectivity index (χ2n) is 15.0. The van der Waals surface area contributed by atoms with E-state index in [-0.39, 0.29) is 55.4 Å². The molecule has 15 heteroatoms. The third kappa shape index (κ3) is 5.39. The summed E-state index contributed by atoms with van der Waals surface area (Å²) in [5.41, 5.74) is 1.48. The summed E-state index contributed by atoms with van der Waals surface area (Å²) >= 11 is 7.85. The Labute approximate surface area is 325 Å². The highest BCUT2D eigenvalue weighted by atomic mass is 35.5. The van der Waals surface area contributed by atoms with E-state index in [9.17, 15) is 29.4 Å². The van der Waals surface area contributed by atoms with Crippen molar-refractivity contribution in [1.29, 1.82) is 0 Å². The number of carbonyl (C=O) groups is 5.